The van der Waals surface area contributed by atoms with Gasteiger partial charge in [0.1, 0.15) is 5.82 Å². The first-order valence-corrected chi connectivity index (χ1v) is 6.04. The first-order valence-electron chi connectivity index (χ1n) is 6.04. The highest BCUT2D eigenvalue weighted by Crippen LogP contribution is 2.24. The van der Waals surface area contributed by atoms with Crippen molar-refractivity contribution >= 4 is 17.5 Å². The smallest absolute Gasteiger partial charge is 0.314 e. The maximum absolute atomic E-state index is 11.5. The highest BCUT2D eigenvalue weighted by atomic mass is 16.5. The lowest BCUT2D eigenvalue weighted by atomic mass is 10.1. The number of aryl methyl sites for hydroxylation is 1. The maximum Gasteiger partial charge on any atom is 0.314 e. The van der Waals surface area contributed by atoms with Crippen molar-refractivity contribution < 1.29 is 9.53 Å². The molecule has 1 saturated carbocycles. The van der Waals surface area contributed by atoms with Crippen LogP contribution in [0.25, 0.3) is 0 Å². The van der Waals surface area contributed by atoms with E-state index in [1.807, 2.05) is 25.1 Å². The summed E-state index contributed by atoms with van der Waals surface area (Å²) in [5, 5.41) is 4.29. The number of esters is 1. The van der Waals surface area contributed by atoms with Crippen LogP contribution in [0.2, 0.25) is 0 Å². The molecule has 1 aliphatic rings. The molecule has 0 bridgehead atoms. The zero-order chi connectivity index (χ0) is 13.0. The summed E-state index contributed by atoms with van der Waals surface area (Å²) in [5.41, 5.74) is 4.68. The number of nitrogens with one attached hydrogen (secondary N) is 1. The molecule has 5 nitrogen and oxygen atoms in total. The molecule has 0 spiro atoms. The Morgan fingerprint density at radius 1 is 1.56 bits per heavy atom. The van der Waals surface area contributed by atoms with Crippen molar-refractivity contribution in [2.75, 3.05) is 12.5 Å². The summed E-state index contributed by atoms with van der Waals surface area (Å²) in [4.78, 5) is 15.8. The number of aromatic nitrogens is 1. The van der Waals surface area contributed by atoms with Gasteiger partial charge in [0.2, 0.25) is 0 Å². The summed E-state index contributed by atoms with van der Waals surface area (Å²) in [5.74, 6) is 0.288. The Kier molecular flexibility index (Phi) is 3.92. The molecule has 1 aliphatic carbocycles. The summed E-state index contributed by atoms with van der Waals surface area (Å²) in [6, 6.07) is 5.68. The van der Waals surface area contributed by atoms with Gasteiger partial charge in [-0.3, -0.25) is 10.2 Å². The largest absolute Gasteiger partial charge is 0.469 e. The molecule has 1 aromatic rings. The number of ether oxygens (including phenoxy) is 1. The van der Waals surface area contributed by atoms with Crippen molar-refractivity contribution in [1.29, 1.82) is 0 Å². The molecule has 1 heterocycles. The van der Waals surface area contributed by atoms with Crippen LogP contribution in [-0.4, -0.2) is 23.8 Å². The second-order valence-electron chi connectivity index (χ2n) is 4.35. The topological polar surface area (TPSA) is 63.6 Å². The summed E-state index contributed by atoms with van der Waals surface area (Å²) in [6.07, 6.45) is 2.62. The van der Waals surface area contributed by atoms with E-state index in [1.165, 1.54) is 7.11 Å². The molecule has 96 valence electrons. The van der Waals surface area contributed by atoms with Crippen LogP contribution in [0.5, 0.6) is 0 Å². The average Bonchev–Trinajstić information content (AvgIpc) is 2.84. The van der Waals surface area contributed by atoms with Gasteiger partial charge in [-0.2, -0.15) is 5.10 Å². The third kappa shape index (κ3) is 2.85. The van der Waals surface area contributed by atoms with Crippen LogP contribution < -0.4 is 5.43 Å². The van der Waals surface area contributed by atoms with E-state index in [4.69, 9.17) is 4.74 Å². The van der Waals surface area contributed by atoms with Gasteiger partial charge in [-0.15, -0.1) is 0 Å². The quantitative estimate of drug-likeness (QED) is 0.656. The Balaban J connectivity index is 2.06. The number of rotatable bonds is 3. The van der Waals surface area contributed by atoms with Crippen LogP contribution in [0.15, 0.2) is 23.3 Å². The lowest BCUT2D eigenvalue weighted by Crippen LogP contribution is -2.21. The van der Waals surface area contributed by atoms with Crippen LogP contribution in [-0.2, 0) is 9.53 Å². The number of anilines is 1. The summed E-state index contributed by atoms with van der Waals surface area (Å²) < 4.78 is 4.77. The normalized spacial score (nSPS) is 21.0. The summed E-state index contributed by atoms with van der Waals surface area (Å²) in [7, 11) is 1.41. The Morgan fingerprint density at radius 2 is 2.39 bits per heavy atom. The predicted octanol–water partition coefficient (Wildman–Crippen LogP) is 2.13. The van der Waals surface area contributed by atoms with Crippen molar-refractivity contribution in [1.82, 2.24) is 4.98 Å². The second kappa shape index (κ2) is 5.62. The van der Waals surface area contributed by atoms with Crippen molar-refractivity contribution in [3.63, 3.8) is 0 Å². The molecule has 2 rings (SSSR count). The fourth-order valence-electron chi connectivity index (χ4n) is 2.09. The number of pyridine rings is 1. The minimum atomic E-state index is -0.203. The molecule has 1 atom stereocenters. The van der Waals surface area contributed by atoms with Crippen LogP contribution in [0.1, 0.15) is 25.0 Å². The van der Waals surface area contributed by atoms with E-state index in [2.05, 4.69) is 15.5 Å². The molecule has 0 saturated heterocycles. The highest BCUT2D eigenvalue weighted by Gasteiger charge is 2.30. The van der Waals surface area contributed by atoms with E-state index in [0.717, 1.165) is 30.7 Å². The van der Waals surface area contributed by atoms with Crippen molar-refractivity contribution in [2.24, 2.45) is 11.0 Å². The number of nitrogens with zero attached hydrogens (tertiary/aromatic N) is 2. The fourth-order valence-corrected chi connectivity index (χ4v) is 2.09. The molecule has 0 amide bonds. The van der Waals surface area contributed by atoms with Gasteiger partial charge in [-0.05, 0) is 38.3 Å². The van der Waals surface area contributed by atoms with Crippen LogP contribution in [0.4, 0.5) is 5.82 Å². The maximum atomic E-state index is 11.5. The van der Waals surface area contributed by atoms with Gasteiger partial charge < -0.3 is 4.74 Å². The molecule has 1 fully saturated rings. The lowest BCUT2D eigenvalue weighted by molar-refractivity contribution is -0.142. The van der Waals surface area contributed by atoms with Gasteiger partial charge >= 0.3 is 5.97 Å². The van der Waals surface area contributed by atoms with E-state index >= 15 is 0 Å². The van der Waals surface area contributed by atoms with Crippen LogP contribution >= 0.6 is 0 Å². The van der Waals surface area contributed by atoms with Gasteiger partial charge in [0, 0.05) is 5.69 Å². The highest BCUT2D eigenvalue weighted by molar-refractivity contribution is 6.03. The van der Waals surface area contributed by atoms with Crippen molar-refractivity contribution in [3.8, 4) is 0 Å². The van der Waals surface area contributed by atoms with Crippen molar-refractivity contribution in [3.05, 3.63) is 23.9 Å². The molecule has 18 heavy (non-hydrogen) atoms. The van der Waals surface area contributed by atoms with Gasteiger partial charge in [0.15, 0.2) is 0 Å². The number of carbonyl (C=O) groups excluding carboxylic acids is 1. The monoisotopic (exact) mass is 247 g/mol. The van der Waals surface area contributed by atoms with Gasteiger partial charge in [0.25, 0.3) is 0 Å². The van der Waals surface area contributed by atoms with Crippen LogP contribution in [0.3, 0.4) is 0 Å². The fraction of sp³-hybridized carbons (Fsp3) is 0.462. The Bertz CT molecular complexity index is 471. The zero-order valence-corrected chi connectivity index (χ0v) is 10.6. The van der Waals surface area contributed by atoms with Gasteiger partial charge in [-0.1, -0.05) is 6.07 Å². The third-order valence-corrected chi connectivity index (χ3v) is 3.02. The van der Waals surface area contributed by atoms with Gasteiger partial charge in [0.05, 0.1) is 18.7 Å². The Hall–Kier alpha value is -1.91. The standard InChI is InChI=1S/C13H17N3O2/c1-9-5-3-8-12(14-9)16-15-11-7-4-6-10(11)13(17)18-2/h3,5,8,10H,4,6-7H2,1-2H3,(H,14,16)/b15-11-. The number of carbonyl (C=O) groups is 1. The predicted molar refractivity (Wildman–Crippen MR) is 69.4 cm³/mol. The zero-order valence-electron chi connectivity index (χ0n) is 10.6. The molecule has 5 heteroatoms. The number of hydrazone groups is 1. The minimum Gasteiger partial charge on any atom is -0.469 e. The average molecular weight is 247 g/mol. The minimum absolute atomic E-state index is 0.202. The SMILES string of the molecule is COC(=O)C1CCC/C1=N/Nc1cccc(C)n1. The lowest BCUT2D eigenvalue weighted by Gasteiger charge is -2.08. The summed E-state index contributed by atoms with van der Waals surface area (Å²) in [6.45, 7) is 1.92. The molecule has 0 aromatic carbocycles. The van der Waals surface area contributed by atoms with E-state index < -0.39 is 0 Å². The summed E-state index contributed by atoms with van der Waals surface area (Å²) >= 11 is 0. The molecule has 1 N–H and O–H groups in total. The van der Waals surface area contributed by atoms with Gasteiger partial charge in [-0.25, -0.2) is 4.98 Å². The second-order valence-corrected chi connectivity index (χ2v) is 4.35. The first kappa shape index (κ1) is 12.5. The van der Waals surface area contributed by atoms with E-state index in [9.17, 15) is 4.79 Å². The van der Waals surface area contributed by atoms with Crippen molar-refractivity contribution in [2.45, 2.75) is 26.2 Å². The number of methoxy groups -OCH3 is 1. The first-order chi connectivity index (χ1) is 8.70. The molecule has 0 aliphatic heterocycles. The van der Waals surface area contributed by atoms with E-state index in [0.29, 0.717) is 5.82 Å². The molecular weight excluding hydrogens is 230 g/mol. The van der Waals surface area contributed by atoms with E-state index in [-0.39, 0.29) is 11.9 Å². The molecule has 1 unspecified atom stereocenters. The number of hydrogen-bond donors (Lipinski definition) is 1. The molecule has 1 aromatic heterocycles. The Labute approximate surface area is 106 Å². The Morgan fingerprint density at radius 3 is 3.11 bits per heavy atom. The number of hydrogen-bond acceptors (Lipinski definition) is 5. The van der Waals surface area contributed by atoms with E-state index in [1.54, 1.807) is 0 Å². The van der Waals surface area contributed by atoms with Crippen LogP contribution in [0, 0.1) is 12.8 Å². The molecular formula is C13H17N3O2. The third-order valence-electron chi connectivity index (χ3n) is 3.02. The molecule has 0 radical (unpaired) electrons.